The molecule has 0 spiro atoms. The molecule has 31 heavy (non-hydrogen) atoms. The van der Waals surface area contributed by atoms with Crippen molar-refractivity contribution >= 4 is 6.09 Å². The van der Waals surface area contributed by atoms with Crippen molar-refractivity contribution in [1.82, 2.24) is 10.2 Å². The zero-order chi connectivity index (χ0) is 22.4. The third kappa shape index (κ3) is 16.3. The molecule has 0 radical (unpaired) electrons. The van der Waals surface area contributed by atoms with Crippen LogP contribution in [0.4, 0.5) is 4.79 Å². The molecule has 0 aromatic carbocycles. The van der Waals surface area contributed by atoms with Crippen molar-refractivity contribution in [2.75, 3.05) is 26.2 Å². The molecule has 0 aromatic heterocycles. The van der Waals surface area contributed by atoms with Gasteiger partial charge in [0.1, 0.15) is 0 Å². The van der Waals surface area contributed by atoms with Crippen LogP contribution in [0.2, 0.25) is 0 Å². The van der Waals surface area contributed by atoms with E-state index in [4.69, 9.17) is 5.11 Å². The second kappa shape index (κ2) is 19.9. The summed E-state index contributed by atoms with van der Waals surface area (Å²) in [5.74, 6) is 0.626. The van der Waals surface area contributed by atoms with Crippen molar-refractivity contribution in [3.05, 3.63) is 60.8 Å². The van der Waals surface area contributed by atoms with Gasteiger partial charge in [-0.15, -0.1) is 0 Å². The molecule has 0 unspecified atom stereocenters. The Morgan fingerprint density at radius 1 is 0.839 bits per heavy atom. The predicted octanol–water partition coefficient (Wildman–Crippen LogP) is 6.89. The third-order valence-electron chi connectivity index (χ3n) is 5.45. The molecule has 1 rings (SSSR count). The zero-order valence-electron chi connectivity index (χ0n) is 19.6. The summed E-state index contributed by atoms with van der Waals surface area (Å²) < 4.78 is 0. The van der Waals surface area contributed by atoms with Crippen LogP contribution in [-0.2, 0) is 0 Å². The van der Waals surface area contributed by atoms with Gasteiger partial charge in [-0.25, -0.2) is 4.79 Å². The lowest BCUT2D eigenvalue weighted by molar-refractivity contribution is 0.124. The molecule has 4 nitrogen and oxygen atoms in total. The van der Waals surface area contributed by atoms with Crippen LogP contribution in [0, 0.1) is 5.92 Å². The lowest BCUT2D eigenvalue weighted by atomic mass is 9.97. The van der Waals surface area contributed by atoms with E-state index in [1.165, 1.54) is 17.7 Å². The van der Waals surface area contributed by atoms with E-state index in [9.17, 15) is 4.79 Å². The molecule has 4 heteroatoms. The summed E-state index contributed by atoms with van der Waals surface area (Å²) in [6, 6.07) is 0. The number of likely N-dealkylation sites (tertiary alicyclic amines) is 1. The molecule has 1 saturated heterocycles. The van der Waals surface area contributed by atoms with Gasteiger partial charge in [-0.2, -0.15) is 0 Å². The van der Waals surface area contributed by atoms with Crippen molar-refractivity contribution < 1.29 is 9.90 Å². The smallest absolute Gasteiger partial charge is 0.407 e. The quantitative estimate of drug-likeness (QED) is 0.208. The Labute approximate surface area is 190 Å². The van der Waals surface area contributed by atoms with E-state index < -0.39 is 6.09 Å². The maximum absolute atomic E-state index is 10.9. The molecule has 1 amide bonds. The number of rotatable bonds is 16. The first-order valence-corrected chi connectivity index (χ1v) is 12.2. The number of allylic oxidation sites excluding steroid dienone is 10. The largest absolute Gasteiger partial charge is 0.465 e. The van der Waals surface area contributed by atoms with E-state index in [1.807, 2.05) is 0 Å². The summed E-state index contributed by atoms with van der Waals surface area (Å²) in [7, 11) is 0. The maximum Gasteiger partial charge on any atom is 0.407 e. The molecule has 1 fully saturated rings. The molecular weight excluding hydrogens is 384 g/mol. The maximum atomic E-state index is 10.9. The number of carboxylic acid groups (broad SMARTS) is 1. The van der Waals surface area contributed by atoms with Crippen molar-refractivity contribution in [2.45, 2.75) is 71.1 Å². The van der Waals surface area contributed by atoms with E-state index in [0.717, 1.165) is 64.5 Å². The first-order valence-electron chi connectivity index (χ1n) is 12.2. The molecule has 0 aliphatic carbocycles. The minimum absolute atomic E-state index is 0.626. The van der Waals surface area contributed by atoms with Gasteiger partial charge in [0.25, 0.3) is 0 Å². The second-order valence-corrected chi connectivity index (χ2v) is 8.12. The van der Waals surface area contributed by atoms with Gasteiger partial charge in [0.05, 0.1) is 0 Å². The fraction of sp³-hybridized carbons (Fsp3) is 0.593. The fourth-order valence-corrected chi connectivity index (χ4v) is 3.52. The summed E-state index contributed by atoms with van der Waals surface area (Å²) in [6.45, 7) is 5.61. The van der Waals surface area contributed by atoms with Crippen LogP contribution in [0.15, 0.2) is 60.8 Å². The molecule has 1 aliphatic heterocycles. The Morgan fingerprint density at radius 3 is 1.87 bits per heavy atom. The monoisotopic (exact) mass is 428 g/mol. The third-order valence-corrected chi connectivity index (χ3v) is 5.45. The lowest BCUT2D eigenvalue weighted by Gasteiger charge is -2.30. The van der Waals surface area contributed by atoms with Crippen molar-refractivity contribution in [1.29, 1.82) is 0 Å². The van der Waals surface area contributed by atoms with Crippen LogP contribution in [0.3, 0.4) is 0 Å². The highest BCUT2D eigenvalue weighted by Crippen LogP contribution is 2.16. The van der Waals surface area contributed by atoms with E-state index in [-0.39, 0.29) is 0 Å². The molecule has 0 bridgehead atoms. The van der Waals surface area contributed by atoms with Gasteiger partial charge in [0, 0.05) is 13.1 Å². The van der Waals surface area contributed by atoms with Crippen LogP contribution in [0.25, 0.3) is 0 Å². The van der Waals surface area contributed by atoms with E-state index in [1.54, 1.807) is 0 Å². The number of piperidine rings is 1. The summed E-state index contributed by atoms with van der Waals surface area (Å²) in [5.41, 5.74) is 0. The van der Waals surface area contributed by atoms with Crippen molar-refractivity contribution in [3.63, 3.8) is 0 Å². The molecule has 1 heterocycles. The number of unbranched alkanes of at least 4 members (excludes halogenated alkanes) is 2. The average Bonchev–Trinajstić information content (AvgIpc) is 2.78. The molecule has 0 aromatic rings. The van der Waals surface area contributed by atoms with Gasteiger partial charge in [0.2, 0.25) is 0 Å². The second-order valence-electron chi connectivity index (χ2n) is 8.12. The first-order chi connectivity index (χ1) is 15.2. The summed E-state index contributed by atoms with van der Waals surface area (Å²) in [4.78, 5) is 12.4. The zero-order valence-corrected chi connectivity index (χ0v) is 19.6. The van der Waals surface area contributed by atoms with Crippen LogP contribution in [0.1, 0.15) is 71.1 Å². The average molecular weight is 429 g/mol. The van der Waals surface area contributed by atoms with Crippen LogP contribution < -0.4 is 5.32 Å². The van der Waals surface area contributed by atoms with Crippen LogP contribution >= 0.6 is 0 Å². The highest BCUT2D eigenvalue weighted by Gasteiger charge is 2.21. The number of hydrogen-bond acceptors (Lipinski definition) is 2. The Hall–Kier alpha value is -2.07. The van der Waals surface area contributed by atoms with E-state index in [0.29, 0.717) is 19.0 Å². The minimum Gasteiger partial charge on any atom is -0.465 e. The predicted molar refractivity (Wildman–Crippen MR) is 134 cm³/mol. The van der Waals surface area contributed by atoms with E-state index >= 15 is 0 Å². The van der Waals surface area contributed by atoms with Gasteiger partial charge in [-0.05, 0) is 83.2 Å². The molecule has 0 saturated carbocycles. The molecule has 1 aliphatic rings. The Kier molecular flexibility index (Phi) is 17.3. The van der Waals surface area contributed by atoms with Gasteiger partial charge >= 0.3 is 6.09 Å². The van der Waals surface area contributed by atoms with Gasteiger partial charge in [0.15, 0.2) is 0 Å². The molecule has 2 N–H and O–H groups in total. The summed E-state index contributed by atoms with van der Waals surface area (Å²) in [6.07, 6.45) is 32.3. The Balaban J connectivity index is 1.87. The summed E-state index contributed by atoms with van der Waals surface area (Å²) in [5, 5.41) is 12.5. The standard InChI is InChI=1S/C27H44N2O2/c1-2-3-4-5-6-7-8-9-10-11-12-13-14-15-16-17-18-19-22-28-25-26-20-23-29(24-21-26)27(30)31/h3-4,6-7,9-10,12-13,15-16,26,28H,2,5,8,11,14,17-25H2,1H3,(H,30,31)/b4-3-,7-6?,10-9?,13-12-,16-15-. The molecular formula is C27H44N2O2. The molecule has 0 atom stereocenters. The highest BCUT2D eigenvalue weighted by atomic mass is 16.4. The van der Waals surface area contributed by atoms with Crippen molar-refractivity contribution in [3.8, 4) is 0 Å². The minimum atomic E-state index is -0.776. The Morgan fingerprint density at radius 2 is 1.35 bits per heavy atom. The number of nitrogens with zero attached hydrogens (tertiary/aromatic N) is 1. The number of carbonyl (C=O) groups is 1. The number of hydrogen-bond donors (Lipinski definition) is 2. The highest BCUT2D eigenvalue weighted by molar-refractivity contribution is 5.64. The summed E-state index contributed by atoms with van der Waals surface area (Å²) >= 11 is 0. The van der Waals surface area contributed by atoms with Crippen LogP contribution in [-0.4, -0.2) is 42.3 Å². The van der Waals surface area contributed by atoms with Crippen molar-refractivity contribution in [2.24, 2.45) is 5.92 Å². The topological polar surface area (TPSA) is 52.6 Å². The SMILES string of the molecule is CC/C=C\CC=CCC=CC/C=C\C/C=C\CCCCNCC1CCN(C(=O)O)CC1. The van der Waals surface area contributed by atoms with Gasteiger partial charge in [-0.3, -0.25) is 0 Å². The normalized spacial score (nSPS) is 16.2. The fourth-order valence-electron chi connectivity index (χ4n) is 3.52. The number of amides is 1. The molecule has 174 valence electrons. The van der Waals surface area contributed by atoms with Crippen LogP contribution in [0.5, 0.6) is 0 Å². The number of nitrogens with one attached hydrogen (secondary N) is 1. The van der Waals surface area contributed by atoms with E-state index in [2.05, 4.69) is 73.0 Å². The van der Waals surface area contributed by atoms with Gasteiger partial charge < -0.3 is 15.3 Å². The first kappa shape index (κ1) is 27.0. The lowest BCUT2D eigenvalue weighted by Crippen LogP contribution is -2.40. The van der Waals surface area contributed by atoms with Gasteiger partial charge in [-0.1, -0.05) is 67.7 Å². The Bertz CT molecular complexity index is 582.